The van der Waals surface area contributed by atoms with Gasteiger partial charge in [-0.2, -0.15) is 10.2 Å². The van der Waals surface area contributed by atoms with Crippen LogP contribution < -0.4 is 10.6 Å². The Hall–Kier alpha value is -2.74. The monoisotopic (exact) mass is 386 g/mol. The van der Waals surface area contributed by atoms with Crippen molar-refractivity contribution in [3.8, 4) is 0 Å². The SMILES string of the molecule is CCn1cc(C(C)NC(=S)Nc2ccn(Cc3ccccc3F)n2)c(C)n1. The largest absolute Gasteiger partial charge is 0.356 e. The van der Waals surface area contributed by atoms with E-state index in [1.807, 2.05) is 30.8 Å². The second-order valence-electron chi connectivity index (χ2n) is 6.34. The molecular weight excluding hydrogens is 363 g/mol. The molecule has 2 heterocycles. The molecule has 1 aromatic carbocycles. The van der Waals surface area contributed by atoms with Crippen LogP contribution in [0.2, 0.25) is 0 Å². The average Bonchev–Trinajstić information content (AvgIpc) is 3.23. The summed E-state index contributed by atoms with van der Waals surface area (Å²) >= 11 is 5.39. The Morgan fingerprint density at radius 3 is 2.70 bits per heavy atom. The number of benzene rings is 1. The fourth-order valence-corrected chi connectivity index (χ4v) is 3.15. The van der Waals surface area contributed by atoms with E-state index in [9.17, 15) is 4.39 Å². The van der Waals surface area contributed by atoms with E-state index >= 15 is 0 Å². The smallest absolute Gasteiger partial charge is 0.172 e. The molecule has 0 amide bonds. The molecular formula is C19H23FN6S. The fraction of sp³-hybridized carbons (Fsp3) is 0.316. The molecule has 0 aliphatic rings. The Morgan fingerprint density at radius 2 is 2.00 bits per heavy atom. The Bertz CT molecular complexity index is 932. The van der Waals surface area contributed by atoms with Crippen LogP contribution in [0.4, 0.5) is 10.2 Å². The number of aromatic nitrogens is 4. The minimum absolute atomic E-state index is 0.0193. The van der Waals surface area contributed by atoms with Crippen LogP contribution in [0.1, 0.15) is 36.7 Å². The first kappa shape index (κ1) is 19.0. The lowest BCUT2D eigenvalue weighted by molar-refractivity contribution is 0.586. The van der Waals surface area contributed by atoms with Gasteiger partial charge in [-0.15, -0.1) is 0 Å². The van der Waals surface area contributed by atoms with Crippen molar-refractivity contribution in [2.75, 3.05) is 5.32 Å². The Labute approximate surface area is 163 Å². The minimum atomic E-state index is -0.239. The van der Waals surface area contributed by atoms with Crippen LogP contribution in [0.5, 0.6) is 0 Å². The molecule has 2 aromatic heterocycles. The first-order valence-corrected chi connectivity index (χ1v) is 9.25. The highest BCUT2D eigenvalue weighted by Crippen LogP contribution is 2.16. The number of thiocarbonyl (C=S) groups is 1. The number of rotatable bonds is 6. The molecule has 0 fully saturated rings. The van der Waals surface area contributed by atoms with Gasteiger partial charge in [0, 0.05) is 36.1 Å². The predicted molar refractivity (Wildman–Crippen MR) is 108 cm³/mol. The molecule has 8 heteroatoms. The maximum Gasteiger partial charge on any atom is 0.172 e. The van der Waals surface area contributed by atoms with Gasteiger partial charge in [0.15, 0.2) is 10.9 Å². The number of hydrogen-bond donors (Lipinski definition) is 2. The van der Waals surface area contributed by atoms with E-state index in [4.69, 9.17) is 12.2 Å². The average molecular weight is 387 g/mol. The molecule has 0 bridgehead atoms. The fourth-order valence-electron chi connectivity index (χ4n) is 2.86. The summed E-state index contributed by atoms with van der Waals surface area (Å²) in [6.07, 6.45) is 3.81. The number of nitrogens with zero attached hydrogens (tertiary/aromatic N) is 4. The zero-order valence-electron chi connectivity index (χ0n) is 15.6. The third-order valence-corrected chi connectivity index (χ3v) is 4.51. The minimum Gasteiger partial charge on any atom is -0.356 e. The summed E-state index contributed by atoms with van der Waals surface area (Å²) < 4.78 is 17.3. The van der Waals surface area contributed by atoms with Crippen molar-refractivity contribution in [3.63, 3.8) is 0 Å². The number of anilines is 1. The first-order chi connectivity index (χ1) is 13.0. The third kappa shape index (κ3) is 4.71. The molecule has 1 unspecified atom stereocenters. The van der Waals surface area contributed by atoms with Crippen molar-refractivity contribution in [1.29, 1.82) is 0 Å². The summed E-state index contributed by atoms with van der Waals surface area (Å²) in [4.78, 5) is 0. The van der Waals surface area contributed by atoms with E-state index in [1.54, 1.807) is 29.1 Å². The zero-order valence-corrected chi connectivity index (χ0v) is 16.4. The molecule has 0 aliphatic carbocycles. The second-order valence-corrected chi connectivity index (χ2v) is 6.74. The lowest BCUT2D eigenvalue weighted by atomic mass is 10.1. The quantitative estimate of drug-likeness (QED) is 0.634. The van der Waals surface area contributed by atoms with Gasteiger partial charge in [0.1, 0.15) is 5.82 Å². The zero-order chi connectivity index (χ0) is 19.4. The van der Waals surface area contributed by atoms with Gasteiger partial charge >= 0.3 is 0 Å². The van der Waals surface area contributed by atoms with E-state index in [0.29, 0.717) is 23.0 Å². The Morgan fingerprint density at radius 1 is 1.22 bits per heavy atom. The van der Waals surface area contributed by atoms with Gasteiger partial charge in [-0.1, -0.05) is 18.2 Å². The topological polar surface area (TPSA) is 59.7 Å². The normalized spacial score (nSPS) is 12.0. The van der Waals surface area contributed by atoms with E-state index < -0.39 is 0 Å². The lowest BCUT2D eigenvalue weighted by Gasteiger charge is -2.15. The van der Waals surface area contributed by atoms with Crippen LogP contribution in [0.15, 0.2) is 42.7 Å². The van der Waals surface area contributed by atoms with Gasteiger partial charge in [0.2, 0.25) is 0 Å². The highest BCUT2D eigenvalue weighted by atomic mass is 32.1. The molecule has 1 atom stereocenters. The van der Waals surface area contributed by atoms with Crippen molar-refractivity contribution in [3.05, 3.63) is 65.4 Å². The number of aryl methyl sites for hydroxylation is 2. The summed E-state index contributed by atoms with van der Waals surface area (Å²) in [6.45, 7) is 7.27. The highest BCUT2D eigenvalue weighted by Gasteiger charge is 2.14. The van der Waals surface area contributed by atoms with Gasteiger partial charge in [0.05, 0.1) is 18.3 Å². The standard InChI is InChI=1S/C19H23FN6S/c1-4-25-12-16(14(3)23-25)13(2)21-19(27)22-18-9-10-26(24-18)11-15-7-5-6-8-17(15)20/h5-10,12-13H,4,11H2,1-3H3,(H2,21,22,24,27). The van der Waals surface area contributed by atoms with Crippen molar-refractivity contribution in [2.24, 2.45) is 0 Å². The molecule has 0 spiro atoms. The summed E-state index contributed by atoms with van der Waals surface area (Å²) in [7, 11) is 0. The van der Waals surface area contributed by atoms with E-state index in [2.05, 4.69) is 27.8 Å². The molecule has 3 rings (SSSR count). The van der Waals surface area contributed by atoms with Gasteiger partial charge < -0.3 is 10.6 Å². The molecule has 0 aliphatic heterocycles. The second kappa shape index (κ2) is 8.30. The summed E-state index contributed by atoms with van der Waals surface area (Å²) in [5, 5.41) is 15.6. The first-order valence-electron chi connectivity index (χ1n) is 8.84. The van der Waals surface area contributed by atoms with E-state index in [1.165, 1.54) is 6.07 Å². The van der Waals surface area contributed by atoms with Crippen LogP contribution in [-0.4, -0.2) is 24.7 Å². The van der Waals surface area contributed by atoms with Crippen molar-refractivity contribution >= 4 is 23.1 Å². The van der Waals surface area contributed by atoms with E-state index in [0.717, 1.165) is 17.8 Å². The van der Waals surface area contributed by atoms with Gasteiger partial charge in [-0.25, -0.2) is 4.39 Å². The molecule has 2 N–H and O–H groups in total. The van der Waals surface area contributed by atoms with Crippen LogP contribution >= 0.6 is 12.2 Å². The maximum atomic E-state index is 13.8. The molecule has 0 saturated carbocycles. The Kier molecular flexibility index (Phi) is 5.85. The summed E-state index contributed by atoms with van der Waals surface area (Å²) in [5.41, 5.74) is 2.67. The van der Waals surface area contributed by atoms with Crippen molar-refractivity contribution in [2.45, 2.75) is 39.9 Å². The number of hydrogen-bond acceptors (Lipinski definition) is 3. The van der Waals surface area contributed by atoms with Crippen LogP contribution in [0.25, 0.3) is 0 Å². The number of halogens is 1. The van der Waals surface area contributed by atoms with Crippen LogP contribution in [0, 0.1) is 12.7 Å². The lowest BCUT2D eigenvalue weighted by Crippen LogP contribution is -2.31. The highest BCUT2D eigenvalue weighted by molar-refractivity contribution is 7.80. The summed E-state index contributed by atoms with van der Waals surface area (Å²) in [5.74, 6) is 0.369. The van der Waals surface area contributed by atoms with Gasteiger partial charge in [-0.3, -0.25) is 9.36 Å². The molecule has 142 valence electrons. The Balaban J connectivity index is 1.59. The van der Waals surface area contributed by atoms with Crippen LogP contribution in [0.3, 0.4) is 0 Å². The maximum absolute atomic E-state index is 13.8. The third-order valence-electron chi connectivity index (χ3n) is 4.29. The van der Waals surface area contributed by atoms with Gasteiger partial charge in [-0.05, 0) is 39.1 Å². The van der Waals surface area contributed by atoms with Gasteiger partial charge in [0.25, 0.3) is 0 Å². The van der Waals surface area contributed by atoms with Crippen molar-refractivity contribution in [1.82, 2.24) is 24.9 Å². The molecule has 0 radical (unpaired) electrons. The molecule has 3 aromatic rings. The molecule has 0 saturated heterocycles. The number of nitrogens with one attached hydrogen (secondary N) is 2. The van der Waals surface area contributed by atoms with Crippen LogP contribution in [-0.2, 0) is 13.1 Å². The molecule has 27 heavy (non-hydrogen) atoms. The van der Waals surface area contributed by atoms with E-state index in [-0.39, 0.29) is 11.9 Å². The summed E-state index contributed by atoms with van der Waals surface area (Å²) in [6, 6.07) is 8.50. The van der Waals surface area contributed by atoms with Crippen molar-refractivity contribution < 1.29 is 4.39 Å². The predicted octanol–water partition coefficient (Wildman–Crippen LogP) is 3.64. The molecule has 6 nitrogen and oxygen atoms in total.